The first-order chi connectivity index (χ1) is 19.7. The van der Waals surface area contributed by atoms with Gasteiger partial charge in [0.15, 0.2) is 0 Å². The molecular weight excluding hydrogens is 538 g/mol. The van der Waals surface area contributed by atoms with Crippen LogP contribution >= 0.6 is 0 Å². The van der Waals surface area contributed by atoms with Crippen molar-refractivity contribution in [3.05, 3.63) is 12.2 Å². The first-order valence-corrected chi connectivity index (χ1v) is 18.6. The molecule has 41 heavy (non-hydrogen) atoms. The summed E-state index contributed by atoms with van der Waals surface area (Å²) in [4.78, 5) is 12.5. The van der Waals surface area contributed by atoms with Gasteiger partial charge >= 0.3 is 0 Å². The summed E-state index contributed by atoms with van der Waals surface area (Å²) in [6.45, 7) is 4.43. The Morgan fingerprint density at radius 1 is 0.659 bits per heavy atom. The third kappa shape index (κ3) is 27.6. The van der Waals surface area contributed by atoms with Gasteiger partial charge in [0.25, 0.3) is 10.1 Å². The average Bonchev–Trinajstić information content (AvgIpc) is 2.92. The number of aliphatic hydroxyl groups excluding tert-OH is 2. The zero-order chi connectivity index (χ0) is 30.6. The Hall–Kier alpha value is -0.960. The highest BCUT2D eigenvalue weighted by atomic mass is 32.2. The van der Waals surface area contributed by atoms with E-state index in [2.05, 4.69) is 19.2 Å². The highest BCUT2D eigenvalue weighted by Gasteiger charge is 2.27. The molecule has 4 N–H and O–H groups in total. The molecule has 0 aliphatic rings. The second-order valence-electron chi connectivity index (χ2n) is 11.9. The molecule has 0 aromatic carbocycles. The fourth-order valence-corrected chi connectivity index (χ4v) is 5.89. The van der Waals surface area contributed by atoms with E-state index in [0.29, 0.717) is 6.42 Å². The number of hydrogen-bond acceptors (Lipinski definition) is 5. The summed E-state index contributed by atoms with van der Waals surface area (Å²) < 4.78 is 32.2. The third-order valence-electron chi connectivity index (χ3n) is 7.82. The topological polar surface area (TPSA) is 124 Å². The Morgan fingerprint density at radius 2 is 1.05 bits per heavy atom. The van der Waals surface area contributed by atoms with Crippen LogP contribution in [0.15, 0.2) is 12.2 Å². The van der Waals surface area contributed by atoms with E-state index in [4.69, 9.17) is 0 Å². The first-order valence-electron chi connectivity index (χ1n) is 17.0. The first kappa shape index (κ1) is 40.0. The number of aliphatic hydroxyl groups is 2. The number of carbonyl (C=O) groups is 1. The van der Waals surface area contributed by atoms with Crippen LogP contribution in [0.3, 0.4) is 0 Å². The van der Waals surface area contributed by atoms with Crippen molar-refractivity contribution in [1.82, 2.24) is 5.32 Å². The van der Waals surface area contributed by atoms with Crippen LogP contribution in [0.25, 0.3) is 0 Å². The van der Waals surface area contributed by atoms with E-state index in [1.54, 1.807) is 6.08 Å². The lowest BCUT2D eigenvalue weighted by Crippen LogP contribution is -2.50. The van der Waals surface area contributed by atoms with Crippen LogP contribution in [0, 0.1) is 0 Å². The van der Waals surface area contributed by atoms with E-state index < -0.39 is 40.0 Å². The molecular formula is C33H65NO6S. The number of hydrogen-bond donors (Lipinski definition) is 4. The van der Waals surface area contributed by atoms with Gasteiger partial charge < -0.3 is 15.5 Å². The van der Waals surface area contributed by atoms with Crippen molar-refractivity contribution in [3.8, 4) is 0 Å². The molecule has 244 valence electrons. The molecule has 8 heteroatoms. The minimum Gasteiger partial charge on any atom is -0.387 e. The van der Waals surface area contributed by atoms with Gasteiger partial charge in [-0.3, -0.25) is 9.35 Å². The maximum atomic E-state index is 12.5. The Kier molecular flexibility index (Phi) is 27.2. The molecule has 0 fully saturated rings. The molecule has 0 spiro atoms. The summed E-state index contributed by atoms with van der Waals surface area (Å²) in [6, 6.07) is -1.22. The second kappa shape index (κ2) is 27.8. The van der Waals surface area contributed by atoms with Gasteiger partial charge in [-0.05, 0) is 19.3 Å². The van der Waals surface area contributed by atoms with Gasteiger partial charge in [-0.2, -0.15) is 8.42 Å². The van der Waals surface area contributed by atoms with E-state index in [9.17, 15) is 28.0 Å². The molecule has 0 rings (SSSR count). The molecule has 0 aromatic heterocycles. The molecule has 0 saturated heterocycles. The largest absolute Gasteiger partial charge is 0.387 e. The fourth-order valence-electron chi connectivity index (χ4n) is 5.16. The third-order valence-corrected chi connectivity index (χ3v) is 8.60. The highest BCUT2D eigenvalue weighted by Crippen LogP contribution is 2.15. The van der Waals surface area contributed by atoms with E-state index in [1.807, 2.05) is 0 Å². The number of rotatable bonds is 30. The van der Waals surface area contributed by atoms with Crippen molar-refractivity contribution >= 4 is 16.0 Å². The number of allylic oxidation sites excluding steroid dienone is 1. The molecule has 0 saturated carbocycles. The number of nitrogens with one attached hydrogen (secondary N) is 1. The van der Waals surface area contributed by atoms with Gasteiger partial charge in [0.2, 0.25) is 5.91 Å². The Morgan fingerprint density at radius 3 is 1.46 bits per heavy atom. The molecule has 0 bridgehead atoms. The smallest absolute Gasteiger partial charge is 0.267 e. The van der Waals surface area contributed by atoms with E-state index in [0.717, 1.165) is 38.5 Å². The van der Waals surface area contributed by atoms with Crippen LogP contribution in [-0.4, -0.2) is 53.1 Å². The van der Waals surface area contributed by atoms with Gasteiger partial charge in [-0.25, -0.2) is 0 Å². The lowest BCUT2D eigenvalue weighted by Gasteiger charge is -2.22. The van der Waals surface area contributed by atoms with Crippen molar-refractivity contribution < 1.29 is 28.0 Å². The van der Waals surface area contributed by atoms with Crippen LogP contribution in [0.5, 0.6) is 0 Å². The van der Waals surface area contributed by atoms with Gasteiger partial charge in [0.1, 0.15) is 6.10 Å². The summed E-state index contributed by atoms with van der Waals surface area (Å²) in [5.41, 5.74) is 0. The van der Waals surface area contributed by atoms with E-state index >= 15 is 0 Å². The normalized spacial score (nSPS) is 14.4. The monoisotopic (exact) mass is 603 g/mol. The van der Waals surface area contributed by atoms with Gasteiger partial charge in [-0.15, -0.1) is 0 Å². The standard InChI is InChI=1S/C33H65NO6S/c1-3-5-7-9-11-13-14-15-16-17-18-19-20-22-24-26-28-32(36)33(37)34-30(29-41(38,39)40)31(35)27-25-23-21-12-10-8-6-4-2/h25,27,30-32,35-36H,3-24,26,28-29H2,1-2H3,(H,34,37)(H,38,39,40)/b27-25+. The van der Waals surface area contributed by atoms with Crippen molar-refractivity contribution in [2.24, 2.45) is 0 Å². The predicted molar refractivity (Wildman–Crippen MR) is 172 cm³/mol. The zero-order valence-electron chi connectivity index (χ0n) is 26.5. The average molecular weight is 604 g/mol. The van der Waals surface area contributed by atoms with E-state index in [-0.39, 0.29) is 6.42 Å². The minimum atomic E-state index is -4.42. The molecule has 0 aliphatic carbocycles. The SMILES string of the molecule is CCCCCCCC/C=C/C(O)C(CS(=O)(=O)O)NC(=O)C(O)CCCCCCCCCCCCCCCCCC. The molecule has 3 atom stereocenters. The van der Waals surface area contributed by atoms with Gasteiger partial charge in [0, 0.05) is 0 Å². The molecule has 7 nitrogen and oxygen atoms in total. The lowest BCUT2D eigenvalue weighted by molar-refractivity contribution is -0.130. The fraction of sp³-hybridized carbons (Fsp3) is 0.909. The number of unbranched alkanes of at least 4 members (excludes halogenated alkanes) is 21. The Labute approximate surface area is 253 Å². The molecule has 0 aromatic rings. The van der Waals surface area contributed by atoms with Crippen molar-refractivity contribution in [1.29, 1.82) is 0 Å². The van der Waals surface area contributed by atoms with Crippen molar-refractivity contribution in [3.63, 3.8) is 0 Å². The van der Waals surface area contributed by atoms with Crippen molar-refractivity contribution in [2.45, 2.75) is 186 Å². The predicted octanol–water partition coefficient (Wildman–Crippen LogP) is 8.04. The van der Waals surface area contributed by atoms with Crippen molar-refractivity contribution in [2.75, 3.05) is 5.75 Å². The Bertz CT molecular complexity index is 727. The van der Waals surface area contributed by atoms with Crippen LogP contribution in [0.4, 0.5) is 0 Å². The number of amides is 1. The summed E-state index contributed by atoms with van der Waals surface area (Å²) in [5.74, 6) is -1.53. The molecule has 0 radical (unpaired) electrons. The summed E-state index contributed by atoms with van der Waals surface area (Å²) in [5, 5.41) is 23.1. The van der Waals surface area contributed by atoms with Gasteiger partial charge in [0.05, 0.1) is 17.9 Å². The second-order valence-corrected chi connectivity index (χ2v) is 13.4. The minimum absolute atomic E-state index is 0.285. The van der Waals surface area contributed by atoms with Crippen LogP contribution in [0.2, 0.25) is 0 Å². The maximum Gasteiger partial charge on any atom is 0.267 e. The summed E-state index contributed by atoms with van der Waals surface area (Å²) in [7, 11) is -4.42. The summed E-state index contributed by atoms with van der Waals surface area (Å²) >= 11 is 0. The summed E-state index contributed by atoms with van der Waals surface area (Å²) in [6.07, 6.45) is 28.6. The molecule has 3 unspecified atom stereocenters. The molecule has 0 heterocycles. The zero-order valence-corrected chi connectivity index (χ0v) is 27.4. The maximum absolute atomic E-state index is 12.5. The quantitative estimate of drug-likeness (QED) is 0.0374. The van der Waals surface area contributed by atoms with Crippen LogP contribution in [-0.2, 0) is 14.9 Å². The molecule has 1 amide bonds. The van der Waals surface area contributed by atoms with E-state index in [1.165, 1.54) is 109 Å². The molecule has 0 aliphatic heterocycles. The Balaban J connectivity index is 4.05. The lowest BCUT2D eigenvalue weighted by atomic mass is 10.0. The highest BCUT2D eigenvalue weighted by molar-refractivity contribution is 7.85. The van der Waals surface area contributed by atoms with Crippen LogP contribution in [0.1, 0.15) is 168 Å². The number of carbonyl (C=O) groups excluding carboxylic acids is 1. The van der Waals surface area contributed by atoms with Crippen LogP contribution < -0.4 is 5.32 Å². The van der Waals surface area contributed by atoms with Gasteiger partial charge in [-0.1, -0.05) is 161 Å².